The molecule has 0 radical (unpaired) electrons. The molecule has 6 rings (SSSR count). The SMILES string of the molecule is CN(C)c1nc2c(s1)[C@]1(CCC2)CNC[C@H]1C(=O)N1CC[C@@H](c2ccccc2)C[C@H]1C1CCCCC1. The second kappa shape index (κ2) is 10.1. The number of hydrogen-bond donors (Lipinski definition) is 1. The molecule has 1 spiro atoms. The molecule has 2 saturated heterocycles. The van der Waals surface area contributed by atoms with Crippen LogP contribution in [0.25, 0.3) is 0 Å². The first-order valence-electron chi connectivity index (χ1n) is 14.3. The molecule has 0 unspecified atom stereocenters. The highest BCUT2D eigenvalue weighted by atomic mass is 32.1. The molecule has 4 aliphatic rings. The Morgan fingerprint density at radius 3 is 2.69 bits per heavy atom. The molecule has 1 aromatic carbocycles. The van der Waals surface area contributed by atoms with Crippen molar-refractivity contribution < 1.29 is 4.79 Å². The number of thiazole rings is 1. The van der Waals surface area contributed by atoms with Crippen LogP contribution in [0, 0.1) is 11.8 Å². The molecule has 4 atom stereocenters. The molecular formula is C30H42N4OS. The second-order valence-corrected chi connectivity index (χ2v) is 13.0. The van der Waals surface area contributed by atoms with E-state index >= 15 is 0 Å². The predicted octanol–water partition coefficient (Wildman–Crippen LogP) is 5.36. The van der Waals surface area contributed by atoms with Crippen molar-refractivity contribution in [2.24, 2.45) is 11.8 Å². The van der Waals surface area contributed by atoms with Gasteiger partial charge in [-0.05, 0) is 62.3 Å². The Bertz CT molecular complexity index is 1060. The molecule has 1 aromatic heterocycles. The van der Waals surface area contributed by atoms with Crippen LogP contribution in [-0.4, -0.2) is 55.6 Å². The van der Waals surface area contributed by atoms with Gasteiger partial charge in [-0.15, -0.1) is 11.3 Å². The normalized spacial score (nSPS) is 30.9. The standard InChI is InChI=1S/C30H42N4OS/c1-33(2)29-32-25-14-9-16-30(27(25)36-29)20-31-19-24(30)28(35)34-17-15-23(21-10-5-3-6-11-21)18-26(34)22-12-7-4-8-13-22/h3,5-6,10-11,22-24,26,31H,4,7-9,12-20H2,1-2H3/t23-,24+,26+,30-/m1/s1. The van der Waals surface area contributed by atoms with Gasteiger partial charge in [0, 0.05) is 50.1 Å². The van der Waals surface area contributed by atoms with Crippen LogP contribution in [0.1, 0.15) is 79.8 Å². The lowest BCUT2D eigenvalue weighted by Crippen LogP contribution is -2.55. The highest BCUT2D eigenvalue weighted by Gasteiger charge is 2.53. The van der Waals surface area contributed by atoms with E-state index in [1.54, 1.807) is 0 Å². The van der Waals surface area contributed by atoms with E-state index in [2.05, 4.69) is 59.5 Å². The zero-order valence-electron chi connectivity index (χ0n) is 22.0. The van der Waals surface area contributed by atoms with Crippen LogP contribution in [-0.2, 0) is 16.6 Å². The first-order chi connectivity index (χ1) is 17.6. The maximum absolute atomic E-state index is 14.6. The Balaban J connectivity index is 1.30. The van der Waals surface area contributed by atoms with Crippen LogP contribution in [0.4, 0.5) is 5.13 Å². The number of fused-ring (bicyclic) bond motifs is 2. The van der Waals surface area contributed by atoms with Gasteiger partial charge in [-0.2, -0.15) is 0 Å². The number of carbonyl (C=O) groups is 1. The van der Waals surface area contributed by atoms with Crippen LogP contribution in [0.5, 0.6) is 0 Å². The van der Waals surface area contributed by atoms with Gasteiger partial charge in [-0.1, -0.05) is 49.6 Å². The zero-order valence-corrected chi connectivity index (χ0v) is 22.9. The van der Waals surface area contributed by atoms with Gasteiger partial charge in [0.2, 0.25) is 5.91 Å². The average molecular weight is 507 g/mol. The van der Waals surface area contributed by atoms with Gasteiger partial charge in [0.1, 0.15) is 0 Å². The summed E-state index contributed by atoms with van der Waals surface area (Å²) in [6.07, 6.45) is 12.1. The number of rotatable bonds is 4. The van der Waals surface area contributed by atoms with E-state index in [0.717, 1.165) is 56.9 Å². The molecule has 2 aliphatic heterocycles. The van der Waals surface area contributed by atoms with Gasteiger partial charge in [-0.25, -0.2) is 4.98 Å². The maximum Gasteiger partial charge on any atom is 0.228 e. The van der Waals surface area contributed by atoms with Crippen molar-refractivity contribution in [2.45, 2.75) is 81.6 Å². The molecular weight excluding hydrogens is 464 g/mol. The summed E-state index contributed by atoms with van der Waals surface area (Å²) in [4.78, 5) is 25.5. The summed E-state index contributed by atoms with van der Waals surface area (Å²) in [7, 11) is 4.16. The quantitative estimate of drug-likeness (QED) is 0.607. The Morgan fingerprint density at radius 1 is 1.11 bits per heavy atom. The molecule has 5 nitrogen and oxygen atoms in total. The molecule has 0 bridgehead atoms. The average Bonchev–Trinajstić information content (AvgIpc) is 3.55. The lowest BCUT2D eigenvalue weighted by Gasteiger charge is -2.47. The van der Waals surface area contributed by atoms with Crippen molar-refractivity contribution >= 4 is 22.4 Å². The van der Waals surface area contributed by atoms with Crippen molar-refractivity contribution in [2.75, 3.05) is 38.6 Å². The van der Waals surface area contributed by atoms with E-state index in [1.807, 2.05) is 11.3 Å². The van der Waals surface area contributed by atoms with Gasteiger partial charge in [0.15, 0.2) is 5.13 Å². The minimum Gasteiger partial charge on any atom is -0.354 e. The van der Waals surface area contributed by atoms with E-state index in [-0.39, 0.29) is 11.3 Å². The Labute approximate surface area is 220 Å². The van der Waals surface area contributed by atoms with Gasteiger partial charge < -0.3 is 15.1 Å². The van der Waals surface area contributed by atoms with Crippen molar-refractivity contribution in [1.82, 2.24) is 15.2 Å². The molecule has 3 heterocycles. The number of anilines is 1. The van der Waals surface area contributed by atoms with Crippen LogP contribution >= 0.6 is 11.3 Å². The largest absolute Gasteiger partial charge is 0.354 e. The van der Waals surface area contributed by atoms with E-state index in [9.17, 15) is 4.79 Å². The third-order valence-electron chi connectivity index (χ3n) is 9.70. The number of nitrogens with one attached hydrogen (secondary N) is 1. The summed E-state index contributed by atoms with van der Waals surface area (Å²) in [5, 5.41) is 4.77. The number of amides is 1. The number of likely N-dealkylation sites (tertiary alicyclic amines) is 1. The highest BCUT2D eigenvalue weighted by Crippen LogP contribution is 2.50. The smallest absolute Gasteiger partial charge is 0.228 e. The number of carbonyl (C=O) groups excluding carboxylic acids is 1. The van der Waals surface area contributed by atoms with E-state index in [0.29, 0.717) is 23.8 Å². The van der Waals surface area contributed by atoms with Crippen molar-refractivity contribution in [3.05, 3.63) is 46.5 Å². The fourth-order valence-electron chi connectivity index (χ4n) is 7.82. The van der Waals surface area contributed by atoms with E-state index in [4.69, 9.17) is 4.98 Å². The Hall–Kier alpha value is -1.92. The van der Waals surface area contributed by atoms with Gasteiger partial charge >= 0.3 is 0 Å². The van der Waals surface area contributed by atoms with Crippen LogP contribution in [0.3, 0.4) is 0 Å². The lowest BCUT2D eigenvalue weighted by atomic mass is 9.68. The fourth-order valence-corrected chi connectivity index (χ4v) is 9.13. The second-order valence-electron chi connectivity index (χ2n) is 12.0. The maximum atomic E-state index is 14.6. The minimum absolute atomic E-state index is 0.0337. The number of aryl methyl sites for hydroxylation is 1. The van der Waals surface area contributed by atoms with E-state index < -0.39 is 0 Å². The summed E-state index contributed by atoms with van der Waals surface area (Å²) in [6, 6.07) is 11.4. The molecule has 6 heteroatoms. The van der Waals surface area contributed by atoms with E-state index in [1.165, 1.54) is 48.2 Å². The molecule has 1 amide bonds. The monoisotopic (exact) mass is 506 g/mol. The third-order valence-corrected chi connectivity index (χ3v) is 11.2. The van der Waals surface area contributed by atoms with Gasteiger partial charge in [-0.3, -0.25) is 4.79 Å². The summed E-state index contributed by atoms with van der Waals surface area (Å²) in [6.45, 7) is 2.63. The molecule has 1 N–H and O–H groups in total. The number of aromatic nitrogens is 1. The van der Waals surface area contributed by atoms with Crippen molar-refractivity contribution in [1.29, 1.82) is 0 Å². The van der Waals surface area contributed by atoms with Crippen LogP contribution in [0.2, 0.25) is 0 Å². The highest BCUT2D eigenvalue weighted by molar-refractivity contribution is 7.16. The molecule has 194 valence electrons. The number of nitrogens with zero attached hydrogens (tertiary/aromatic N) is 3. The summed E-state index contributed by atoms with van der Waals surface area (Å²) >= 11 is 1.84. The lowest BCUT2D eigenvalue weighted by molar-refractivity contribution is -0.143. The number of benzene rings is 1. The molecule has 2 aliphatic carbocycles. The predicted molar refractivity (Wildman–Crippen MR) is 148 cm³/mol. The Kier molecular flexibility index (Phi) is 6.85. The Morgan fingerprint density at radius 2 is 1.92 bits per heavy atom. The molecule has 2 aromatic rings. The molecule has 1 saturated carbocycles. The van der Waals surface area contributed by atoms with Crippen LogP contribution < -0.4 is 10.2 Å². The minimum atomic E-state index is -0.0794. The number of piperidine rings is 1. The first kappa shape index (κ1) is 24.4. The summed E-state index contributed by atoms with van der Waals surface area (Å²) in [5.41, 5.74) is 2.63. The van der Waals surface area contributed by atoms with Gasteiger partial charge in [0.05, 0.1) is 11.6 Å². The molecule has 3 fully saturated rings. The van der Waals surface area contributed by atoms with Crippen molar-refractivity contribution in [3.63, 3.8) is 0 Å². The third kappa shape index (κ3) is 4.28. The molecule has 36 heavy (non-hydrogen) atoms. The van der Waals surface area contributed by atoms with Crippen molar-refractivity contribution in [3.8, 4) is 0 Å². The van der Waals surface area contributed by atoms with Gasteiger partial charge in [0.25, 0.3) is 0 Å². The topological polar surface area (TPSA) is 48.5 Å². The zero-order chi connectivity index (χ0) is 24.7. The number of hydrogen-bond acceptors (Lipinski definition) is 5. The fraction of sp³-hybridized carbons (Fsp3) is 0.667. The first-order valence-corrected chi connectivity index (χ1v) is 15.1. The van der Waals surface area contributed by atoms with Crippen LogP contribution in [0.15, 0.2) is 30.3 Å². The summed E-state index contributed by atoms with van der Waals surface area (Å²) < 4.78 is 0. The summed E-state index contributed by atoms with van der Waals surface area (Å²) in [5.74, 6) is 1.69.